The molecule has 0 aliphatic carbocycles. The van der Waals surface area contributed by atoms with E-state index in [1.54, 1.807) is 17.2 Å². The van der Waals surface area contributed by atoms with Gasteiger partial charge in [0, 0.05) is 30.1 Å². The lowest BCUT2D eigenvalue weighted by molar-refractivity contribution is -0.136. The number of carbonyl (C=O) groups excluding carboxylic acids is 3. The second kappa shape index (κ2) is 10.4. The van der Waals surface area contributed by atoms with Crippen LogP contribution >= 0.6 is 0 Å². The summed E-state index contributed by atoms with van der Waals surface area (Å²) < 4.78 is 9.79. The molecular formula is C28H28N2O5. The van der Waals surface area contributed by atoms with Crippen molar-refractivity contribution in [3.8, 4) is 0 Å². The highest BCUT2D eigenvalue weighted by Gasteiger charge is 2.36. The third-order valence-electron chi connectivity index (χ3n) is 6.13. The van der Waals surface area contributed by atoms with Gasteiger partial charge in [-0.25, -0.2) is 9.59 Å². The van der Waals surface area contributed by atoms with Crippen molar-refractivity contribution in [2.75, 3.05) is 25.7 Å². The molecule has 2 heterocycles. The molecule has 180 valence electrons. The highest BCUT2D eigenvalue weighted by molar-refractivity contribution is 6.36. The van der Waals surface area contributed by atoms with Crippen LogP contribution < -0.4 is 4.90 Å². The molecule has 0 aromatic heterocycles. The highest BCUT2D eigenvalue weighted by atomic mass is 16.5. The maximum absolute atomic E-state index is 13.8. The molecule has 1 amide bonds. The molecule has 2 aliphatic rings. The number of allylic oxidation sites excluding steroid dienone is 1. The van der Waals surface area contributed by atoms with Crippen LogP contribution in [0.25, 0.3) is 5.57 Å². The number of amides is 1. The summed E-state index contributed by atoms with van der Waals surface area (Å²) in [5.74, 6) is -1.30. The zero-order valence-electron chi connectivity index (χ0n) is 20.1. The van der Waals surface area contributed by atoms with Crippen molar-refractivity contribution in [2.24, 2.45) is 0 Å². The minimum absolute atomic E-state index is 0.202. The summed E-state index contributed by atoms with van der Waals surface area (Å²) in [6, 6.07) is 15.5. The van der Waals surface area contributed by atoms with Crippen LogP contribution in [0.2, 0.25) is 0 Å². The largest absolute Gasteiger partial charge is 0.466 e. The van der Waals surface area contributed by atoms with Gasteiger partial charge >= 0.3 is 11.9 Å². The number of rotatable bonds is 6. The third kappa shape index (κ3) is 5.04. The Morgan fingerprint density at radius 2 is 1.83 bits per heavy atom. The van der Waals surface area contributed by atoms with E-state index in [0.717, 1.165) is 28.9 Å². The molecule has 4 rings (SSSR count). The van der Waals surface area contributed by atoms with E-state index in [1.165, 1.54) is 20.3 Å². The first-order valence-electron chi connectivity index (χ1n) is 11.5. The van der Waals surface area contributed by atoms with Gasteiger partial charge in [-0.2, -0.15) is 0 Å². The van der Waals surface area contributed by atoms with Gasteiger partial charge in [0.2, 0.25) is 0 Å². The first-order chi connectivity index (χ1) is 16.9. The molecule has 0 N–H and O–H groups in total. The Balaban J connectivity index is 1.82. The minimum atomic E-state index is -0.585. The summed E-state index contributed by atoms with van der Waals surface area (Å²) in [5, 5.41) is 0. The van der Waals surface area contributed by atoms with Crippen molar-refractivity contribution < 1.29 is 23.9 Å². The number of ether oxygens (including phenoxy) is 2. The van der Waals surface area contributed by atoms with Gasteiger partial charge in [-0.05, 0) is 43.5 Å². The van der Waals surface area contributed by atoms with Gasteiger partial charge in [0.15, 0.2) is 0 Å². The molecule has 2 aromatic carbocycles. The van der Waals surface area contributed by atoms with Crippen molar-refractivity contribution in [3.05, 3.63) is 94.8 Å². The van der Waals surface area contributed by atoms with Crippen LogP contribution in [0.3, 0.4) is 0 Å². The first-order valence-corrected chi connectivity index (χ1v) is 11.5. The maximum atomic E-state index is 13.8. The van der Waals surface area contributed by atoms with Crippen LogP contribution in [0.4, 0.5) is 5.69 Å². The van der Waals surface area contributed by atoms with E-state index in [4.69, 9.17) is 4.74 Å². The van der Waals surface area contributed by atoms with E-state index in [2.05, 4.69) is 4.74 Å². The van der Waals surface area contributed by atoms with Gasteiger partial charge in [0.25, 0.3) is 5.91 Å². The zero-order valence-corrected chi connectivity index (χ0v) is 20.1. The number of likely N-dealkylation sites (tertiary alicyclic amines) is 1. The SMILES string of the molecule is COC(=O)/C=C/N1CCC/C1=C\C(C(=O)OC)=C1/C(=O)N(Cc2ccccc2)c2ccc(C)cc21. The van der Waals surface area contributed by atoms with Crippen molar-refractivity contribution in [3.63, 3.8) is 0 Å². The van der Waals surface area contributed by atoms with E-state index in [0.29, 0.717) is 30.6 Å². The Labute approximate surface area is 204 Å². The summed E-state index contributed by atoms with van der Waals surface area (Å²) in [7, 11) is 2.63. The molecule has 7 heteroatoms. The summed E-state index contributed by atoms with van der Waals surface area (Å²) >= 11 is 0. The number of hydrogen-bond acceptors (Lipinski definition) is 6. The number of aryl methyl sites for hydroxylation is 1. The average Bonchev–Trinajstić information content (AvgIpc) is 3.42. The number of hydrogen-bond donors (Lipinski definition) is 0. The number of anilines is 1. The topological polar surface area (TPSA) is 76.1 Å². The number of nitrogens with zero attached hydrogens (tertiary/aromatic N) is 2. The summed E-state index contributed by atoms with van der Waals surface area (Å²) in [6.45, 7) is 3.03. The normalized spacial score (nSPS) is 17.8. The highest BCUT2D eigenvalue weighted by Crippen LogP contribution is 2.41. The zero-order chi connectivity index (χ0) is 24.9. The molecule has 0 saturated carbocycles. The average molecular weight is 473 g/mol. The summed E-state index contributed by atoms with van der Waals surface area (Å²) in [5.41, 5.74) is 4.78. The molecule has 1 saturated heterocycles. The molecule has 0 radical (unpaired) electrons. The lowest BCUT2D eigenvalue weighted by Crippen LogP contribution is -2.26. The van der Waals surface area contributed by atoms with E-state index < -0.39 is 11.9 Å². The molecule has 0 bridgehead atoms. The quantitative estimate of drug-likeness (QED) is 0.465. The number of benzene rings is 2. The van der Waals surface area contributed by atoms with Crippen molar-refractivity contribution >= 4 is 29.1 Å². The van der Waals surface area contributed by atoms with E-state index >= 15 is 0 Å². The number of carbonyl (C=O) groups is 3. The monoisotopic (exact) mass is 472 g/mol. The molecule has 0 spiro atoms. The Morgan fingerprint density at radius 1 is 1.06 bits per heavy atom. The Bertz CT molecular complexity index is 1240. The molecule has 0 unspecified atom stereocenters. The fraction of sp³-hybridized carbons (Fsp3) is 0.250. The second-order valence-electron chi connectivity index (χ2n) is 8.45. The molecule has 2 aliphatic heterocycles. The molecule has 1 fully saturated rings. The number of methoxy groups -OCH3 is 2. The lowest BCUT2D eigenvalue weighted by Gasteiger charge is -2.18. The Hall–Kier alpha value is -4.13. The van der Waals surface area contributed by atoms with Crippen LogP contribution in [0, 0.1) is 6.92 Å². The van der Waals surface area contributed by atoms with Gasteiger partial charge in [0.1, 0.15) is 0 Å². The van der Waals surface area contributed by atoms with Gasteiger partial charge in [-0.3, -0.25) is 4.79 Å². The van der Waals surface area contributed by atoms with E-state index in [9.17, 15) is 14.4 Å². The summed E-state index contributed by atoms with van der Waals surface area (Å²) in [6.07, 6.45) is 6.24. The van der Waals surface area contributed by atoms with Crippen molar-refractivity contribution in [1.29, 1.82) is 0 Å². The molecular weight excluding hydrogens is 444 g/mol. The van der Waals surface area contributed by atoms with Crippen LogP contribution in [-0.4, -0.2) is 43.5 Å². The summed E-state index contributed by atoms with van der Waals surface area (Å²) in [4.78, 5) is 42.0. The predicted molar refractivity (Wildman–Crippen MR) is 133 cm³/mol. The maximum Gasteiger partial charge on any atom is 0.338 e. The van der Waals surface area contributed by atoms with Gasteiger partial charge in [0.05, 0.1) is 37.6 Å². The van der Waals surface area contributed by atoms with E-state index in [1.807, 2.05) is 60.4 Å². The fourth-order valence-electron chi connectivity index (χ4n) is 4.40. The van der Waals surface area contributed by atoms with Crippen molar-refractivity contribution in [2.45, 2.75) is 26.3 Å². The minimum Gasteiger partial charge on any atom is -0.466 e. The Kier molecular flexibility index (Phi) is 7.15. The fourth-order valence-corrected chi connectivity index (χ4v) is 4.40. The standard InChI is InChI=1S/C28H28N2O5/c1-19-11-12-24-22(16-19)26(27(32)30(24)18-20-8-5-4-6-9-20)23(28(33)35-3)17-21-10-7-14-29(21)15-13-25(31)34-2/h4-6,8-9,11-13,15-17H,7,10,14,18H2,1-3H3/b15-13+,21-17+,26-23+. The van der Waals surface area contributed by atoms with Crippen molar-refractivity contribution in [1.82, 2.24) is 4.90 Å². The molecule has 0 atom stereocenters. The van der Waals surface area contributed by atoms with Crippen LogP contribution in [0.1, 0.15) is 29.5 Å². The first kappa shape index (κ1) is 24.0. The van der Waals surface area contributed by atoms with Crippen LogP contribution in [0.5, 0.6) is 0 Å². The van der Waals surface area contributed by atoms with Crippen LogP contribution in [0.15, 0.2) is 78.2 Å². The second-order valence-corrected chi connectivity index (χ2v) is 8.45. The van der Waals surface area contributed by atoms with Crippen LogP contribution in [-0.2, 0) is 30.4 Å². The van der Waals surface area contributed by atoms with E-state index in [-0.39, 0.29) is 11.5 Å². The van der Waals surface area contributed by atoms with Gasteiger partial charge < -0.3 is 19.3 Å². The Morgan fingerprint density at radius 3 is 2.54 bits per heavy atom. The molecule has 7 nitrogen and oxygen atoms in total. The number of esters is 2. The van der Waals surface area contributed by atoms with Gasteiger partial charge in [-0.15, -0.1) is 0 Å². The lowest BCUT2D eigenvalue weighted by atomic mass is 9.98. The molecule has 2 aromatic rings. The number of fused-ring (bicyclic) bond motifs is 1. The smallest absolute Gasteiger partial charge is 0.338 e. The third-order valence-corrected chi connectivity index (χ3v) is 6.13. The predicted octanol–water partition coefficient (Wildman–Crippen LogP) is 4.13. The van der Waals surface area contributed by atoms with Gasteiger partial charge in [-0.1, -0.05) is 42.0 Å². The molecule has 35 heavy (non-hydrogen) atoms.